The third-order valence-electron chi connectivity index (χ3n) is 1.59. The minimum atomic E-state index is -0.524. The molecule has 0 aromatic heterocycles. The normalized spacial score (nSPS) is 9.50. The van der Waals surface area contributed by atoms with Crippen molar-refractivity contribution in [2.45, 2.75) is 6.92 Å². The van der Waals surface area contributed by atoms with Crippen LogP contribution in [0.5, 0.6) is 0 Å². The third-order valence-corrected chi connectivity index (χ3v) is 1.59. The van der Waals surface area contributed by atoms with Gasteiger partial charge in [-0.25, -0.2) is 4.79 Å². The first-order valence-electron chi connectivity index (χ1n) is 4.22. The number of carbonyl (C=O) groups excluding carboxylic acids is 1. The molecule has 1 aromatic carbocycles. The number of benzene rings is 1. The Morgan fingerprint density at radius 3 is 2.79 bits per heavy atom. The van der Waals surface area contributed by atoms with Gasteiger partial charge in [0.15, 0.2) is 0 Å². The van der Waals surface area contributed by atoms with Crippen molar-refractivity contribution in [3.05, 3.63) is 18.2 Å². The third kappa shape index (κ3) is 2.55. The van der Waals surface area contributed by atoms with E-state index in [2.05, 4.69) is 5.32 Å². The molecule has 0 aliphatic heterocycles. The summed E-state index contributed by atoms with van der Waals surface area (Å²) in [5.74, 6) is 0. The van der Waals surface area contributed by atoms with Gasteiger partial charge in [0.25, 0.3) is 0 Å². The van der Waals surface area contributed by atoms with E-state index in [-0.39, 0.29) is 0 Å². The van der Waals surface area contributed by atoms with Gasteiger partial charge in [0.1, 0.15) is 0 Å². The van der Waals surface area contributed by atoms with Crippen molar-refractivity contribution in [3.8, 4) is 0 Å². The van der Waals surface area contributed by atoms with E-state index in [0.29, 0.717) is 23.7 Å². The van der Waals surface area contributed by atoms with Gasteiger partial charge in [-0.2, -0.15) is 0 Å². The zero-order valence-electron chi connectivity index (χ0n) is 7.91. The maximum atomic E-state index is 11.0. The first kappa shape index (κ1) is 10.2. The summed E-state index contributed by atoms with van der Waals surface area (Å²) < 4.78 is 4.69. The molecule has 1 amide bonds. The Balaban J connectivity index is 2.72. The largest absolute Gasteiger partial charge is 0.450 e. The van der Waals surface area contributed by atoms with Gasteiger partial charge in [-0.05, 0) is 25.1 Å². The summed E-state index contributed by atoms with van der Waals surface area (Å²) in [7, 11) is 0. The molecule has 0 aliphatic carbocycles. The van der Waals surface area contributed by atoms with Gasteiger partial charge in [0, 0.05) is 5.69 Å². The van der Waals surface area contributed by atoms with Gasteiger partial charge in [0.05, 0.1) is 18.0 Å². The lowest BCUT2D eigenvalue weighted by Crippen LogP contribution is -2.14. The molecule has 0 saturated heterocycles. The smallest absolute Gasteiger partial charge is 0.411 e. The Morgan fingerprint density at radius 1 is 1.50 bits per heavy atom. The minimum absolute atomic E-state index is 0.320. The molecule has 14 heavy (non-hydrogen) atoms. The summed E-state index contributed by atoms with van der Waals surface area (Å²) in [6.45, 7) is 2.05. The number of nitrogen functional groups attached to an aromatic ring is 2. The van der Waals surface area contributed by atoms with Crippen molar-refractivity contribution in [2.24, 2.45) is 0 Å². The van der Waals surface area contributed by atoms with Crippen LogP contribution in [0.2, 0.25) is 0 Å². The fraction of sp³-hybridized carbons (Fsp3) is 0.222. The van der Waals surface area contributed by atoms with Crippen molar-refractivity contribution in [1.29, 1.82) is 0 Å². The molecule has 5 nitrogen and oxygen atoms in total. The maximum Gasteiger partial charge on any atom is 0.411 e. The van der Waals surface area contributed by atoms with Crippen LogP contribution >= 0.6 is 0 Å². The van der Waals surface area contributed by atoms with E-state index in [1.807, 2.05) is 0 Å². The quantitative estimate of drug-likeness (QED) is 0.622. The predicted molar refractivity (Wildman–Crippen MR) is 55.9 cm³/mol. The van der Waals surface area contributed by atoms with Crippen molar-refractivity contribution in [2.75, 3.05) is 23.4 Å². The highest BCUT2D eigenvalue weighted by Gasteiger charge is 2.04. The molecule has 1 aromatic rings. The second-order valence-electron chi connectivity index (χ2n) is 2.69. The Morgan fingerprint density at radius 2 is 2.21 bits per heavy atom. The Hall–Kier alpha value is -1.91. The number of ether oxygens (including phenoxy) is 1. The molecule has 5 heteroatoms. The molecule has 0 atom stereocenters. The number of hydrogen-bond acceptors (Lipinski definition) is 4. The van der Waals surface area contributed by atoms with Crippen molar-refractivity contribution >= 4 is 23.2 Å². The van der Waals surface area contributed by atoms with Crippen molar-refractivity contribution < 1.29 is 9.53 Å². The molecule has 76 valence electrons. The van der Waals surface area contributed by atoms with E-state index in [9.17, 15) is 4.79 Å². The predicted octanol–water partition coefficient (Wildman–Crippen LogP) is 1.42. The van der Waals surface area contributed by atoms with Gasteiger partial charge in [-0.3, -0.25) is 5.32 Å². The maximum absolute atomic E-state index is 11.0. The van der Waals surface area contributed by atoms with Crippen molar-refractivity contribution in [3.63, 3.8) is 0 Å². The number of rotatable bonds is 2. The van der Waals surface area contributed by atoms with Crippen LogP contribution in [0, 0.1) is 0 Å². The molecule has 1 rings (SSSR count). The van der Waals surface area contributed by atoms with Crippen LogP contribution in [0.25, 0.3) is 0 Å². The number of nitrogens with two attached hydrogens (primary N) is 2. The Labute approximate surface area is 82.0 Å². The fourth-order valence-electron chi connectivity index (χ4n) is 0.972. The molecule has 0 aliphatic rings. The zero-order chi connectivity index (χ0) is 10.6. The number of carbonyl (C=O) groups is 1. The highest BCUT2D eigenvalue weighted by molar-refractivity contribution is 5.89. The first-order valence-corrected chi connectivity index (χ1v) is 4.22. The highest BCUT2D eigenvalue weighted by atomic mass is 16.5. The average Bonchev–Trinajstić information content (AvgIpc) is 2.10. The standard InChI is InChI=1S/C9H13N3O2/c1-2-14-9(13)12-8-4-3-6(10)5-7(8)11/h3-5H,2,10-11H2,1H3,(H,12,13). The molecular formula is C9H13N3O2. The van der Waals surface area contributed by atoms with Gasteiger partial charge in [-0.15, -0.1) is 0 Å². The van der Waals surface area contributed by atoms with E-state index < -0.39 is 6.09 Å². The van der Waals surface area contributed by atoms with Crippen molar-refractivity contribution in [1.82, 2.24) is 0 Å². The summed E-state index contributed by atoms with van der Waals surface area (Å²) >= 11 is 0. The Bertz CT molecular complexity index is 339. The van der Waals surface area contributed by atoms with Crippen LogP contribution in [0.3, 0.4) is 0 Å². The van der Waals surface area contributed by atoms with E-state index >= 15 is 0 Å². The molecule has 0 unspecified atom stereocenters. The molecule has 0 spiro atoms. The monoisotopic (exact) mass is 195 g/mol. The van der Waals surface area contributed by atoms with Crippen LogP contribution in [0.1, 0.15) is 6.92 Å². The van der Waals surface area contributed by atoms with Gasteiger partial charge in [0.2, 0.25) is 0 Å². The number of nitrogens with one attached hydrogen (secondary N) is 1. The molecule has 0 radical (unpaired) electrons. The summed E-state index contributed by atoms with van der Waals surface area (Å²) in [6.07, 6.45) is -0.524. The van der Waals surface area contributed by atoms with E-state index in [0.717, 1.165) is 0 Å². The fourth-order valence-corrected chi connectivity index (χ4v) is 0.972. The summed E-state index contributed by atoms with van der Waals surface area (Å²) in [5, 5.41) is 2.50. The summed E-state index contributed by atoms with van der Waals surface area (Å²) in [4.78, 5) is 11.0. The molecule has 0 bridgehead atoms. The lowest BCUT2D eigenvalue weighted by molar-refractivity contribution is 0.168. The summed E-state index contributed by atoms with van der Waals surface area (Å²) in [5.41, 5.74) is 12.6. The van der Waals surface area contributed by atoms with Crippen LogP contribution in [0.15, 0.2) is 18.2 Å². The van der Waals surface area contributed by atoms with E-state index in [4.69, 9.17) is 16.2 Å². The molecule has 0 fully saturated rings. The average molecular weight is 195 g/mol. The van der Waals surface area contributed by atoms with E-state index in [1.165, 1.54) is 0 Å². The van der Waals surface area contributed by atoms with Gasteiger partial charge < -0.3 is 16.2 Å². The van der Waals surface area contributed by atoms with Crippen LogP contribution in [-0.2, 0) is 4.74 Å². The molecule has 5 N–H and O–H groups in total. The highest BCUT2D eigenvalue weighted by Crippen LogP contribution is 2.20. The molecule has 0 heterocycles. The molecule has 0 saturated carbocycles. The Kier molecular flexibility index (Phi) is 3.17. The van der Waals surface area contributed by atoms with Crippen LogP contribution in [-0.4, -0.2) is 12.7 Å². The molecular weight excluding hydrogens is 182 g/mol. The second kappa shape index (κ2) is 4.36. The minimum Gasteiger partial charge on any atom is -0.450 e. The zero-order valence-corrected chi connectivity index (χ0v) is 7.91. The topological polar surface area (TPSA) is 90.4 Å². The van der Waals surface area contributed by atoms with E-state index in [1.54, 1.807) is 25.1 Å². The lowest BCUT2D eigenvalue weighted by atomic mass is 10.2. The van der Waals surface area contributed by atoms with Gasteiger partial charge >= 0.3 is 6.09 Å². The number of anilines is 3. The first-order chi connectivity index (χ1) is 6.63. The number of amides is 1. The van der Waals surface area contributed by atoms with Crippen LogP contribution < -0.4 is 16.8 Å². The second-order valence-corrected chi connectivity index (χ2v) is 2.69. The lowest BCUT2D eigenvalue weighted by Gasteiger charge is -2.08. The van der Waals surface area contributed by atoms with Gasteiger partial charge in [-0.1, -0.05) is 0 Å². The van der Waals surface area contributed by atoms with Crippen LogP contribution in [0.4, 0.5) is 21.9 Å². The number of hydrogen-bond donors (Lipinski definition) is 3. The SMILES string of the molecule is CCOC(=O)Nc1ccc(N)cc1N. The summed E-state index contributed by atoms with van der Waals surface area (Å²) in [6, 6.07) is 4.85.